The number of hydrogen-bond acceptors (Lipinski definition) is 3. The lowest BCUT2D eigenvalue weighted by Gasteiger charge is -2.11. The predicted octanol–water partition coefficient (Wildman–Crippen LogP) is -0.928. The van der Waals surface area contributed by atoms with Crippen molar-refractivity contribution in [2.45, 2.75) is 25.3 Å². The van der Waals surface area contributed by atoms with Crippen LogP contribution < -0.4 is 11.1 Å². The summed E-state index contributed by atoms with van der Waals surface area (Å²) in [7, 11) is 1.80. The van der Waals surface area contributed by atoms with Gasteiger partial charge >= 0.3 is 0 Å². The minimum atomic E-state index is -0.290. The first kappa shape index (κ1) is 11.0. The molecule has 1 heterocycles. The lowest BCUT2D eigenvalue weighted by Crippen LogP contribution is -2.37. The van der Waals surface area contributed by atoms with Gasteiger partial charge in [-0.2, -0.15) is 0 Å². The zero-order valence-electron chi connectivity index (χ0n) is 8.45. The number of likely N-dealkylation sites (tertiary alicyclic amines) is 1. The molecule has 5 heteroatoms. The molecule has 1 rings (SSSR count). The third kappa shape index (κ3) is 2.99. The van der Waals surface area contributed by atoms with Crippen LogP contribution in [0.5, 0.6) is 0 Å². The van der Waals surface area contributed by atoms with Crippen LogP contribution in [0.15, 0.2) is 0 Å². The molecule has 1 saturated heterocycles. The molecule has 0 saturated carbocycles. The van der Waals surface area contributed by atoms with E-state index in [9.17, 15) is 9.59 Å². The largest absolute Gasteiger partial charge is 0.370 e. The molecule has 1 aliphatic rings. The van der Waals surface area contributed by atoms with Crippen LogP contribution in [0.3, 0.4) is 0 Å². The van der Waals surface area contributed by atoms with E-state index in [0.29, 0.717) is 19.4 Å². The summed E-state index contributed by atoms with van der Waals surface area (Å²) in [6.07, 6.45) is 1.93. The fourth-order valence-electron chi connectivity index (χ4n) is 1.55. The quantitative estimate of drug-likeness (QED) is 0.562. The lowest BCUT2D eigenvalue weighted by molar-refractivity contribution is -0.128. The summed E-state index contributed by atoms with van der Waals surface area (Å²) in [6, 6.07) is -0.0622. The van der Waals surface area contributed by atoms with Gasteiger partial charge in [-0.25, -0.2) is 0 Å². The van der Waals surface area contributed by atoms with Crippen LogP contribution in [0.4, 0.5) is 0 Å². The summed E-state index contributed by atoms with van der Waals surface area (Å²) in [5.74, 6) is -0.147. The smallest absolute Gasteiger partial charge is 0.239 e. The van der Waals surface area contributed by atoms with Crippen LogP contribution in [-0.2, 0) is 9.59 Å². The fourth-order valence-corrected chi connectivity index (χ4v) is 1.55. The van der Waals surface area contributed by atoms with Gasteiger partial charge in [-0.3, -0.25) is 9.59 Å². The summed E-state index contributed by atoms with van der Waals surface area (Å²) in [5, 5.41) is 3.12. The molecule has 1 atom stereocenters. The number of hydrogen-bond donors (Lipinski definition) is 2. The lowest BCUT2D eigenvalue weighted by atomic mass is 10.2. The van der Waals surface area contributed by atoms with Crippen LogP contribution in [0, 0.1) is 0 Å². The summed E-state index contributed by atoms with van der Waals surface area (Å²) in [6.45, 7) is 1.49. The number of rotatable bonds is 5. The number of primary amides is 1. The van der Waals surface area contributed by atoms with Crippen molar-refractivity contribution in [1.82, 2.24) is 10.2 Å². The second kappa shape index (κ2) is 4.95. The fraction of sp³-hybridized carbons (Fsp3) is 0.778. The van der Waals surface area contributed by atoms with Crippen molar-refractivity contribution in [1.29, 1.82) is 0 Å². The number of nitrogens with two attached hydrogens (primary N) is 1. The molecule has 1 fully saturated rings. The SMILES string of the molecule is CN1CCC(NCCCC(N)=O)C1=O. The van der Waals surface area contributed by atoms with E-state index >= 15 is 0 Å². The van der Waals surface area contributed by atoms with E-state index in [1.807, 2.05) is 0 Å². The Bertz CT molecular complexity index is 230. The zero-order valence-corrected chi connectivity index (χ0v) is 8.45. The van der Waals surface area contributed by atoms with E-state index in [2.05, 4.69) is 5.32 Å². The van der Waals surface area contributed by atoms with Crippen molar-refractivity contribution in [2.75, 3.05) is 20.1 Å². The Morgan fingerprint density at radius 3 is 2.93 bits per heavy atom. The highest BCUT2D eigenvalue weighted by molar-refractivity contribution is 5.83. The molecule has 0 aromatic rings. The zero-order chi connectivity index (χ0) is 10.6. The van der Waals surface area contributed by atoms with Gasteiger partial charge in [0.1, 0.15) is 0 Å². The third-order valence-electron chi connectivity index (χ3n) is 2.42. The van der Waals surface area contributed by atoms with Gasteiger partial charge in [-0.05, 0) is 19.4 Å². The predicted molar refractivity (Wildman–Crippen MR) is 52.5 cm³/mol. The number of nitrogens with zero attached hydrogens (tertiary/aromatic N) is 1. The van der Waals surface area contributed by atoms with Crippen molar-refractivity contribution < 1.29 is 9.59 Å². The van der Waals surface area contributed by atoms with Crippen LogP contribution in [-0.4, -0.2) is 42.9 Å². The Hall–Kier alpha value is -1.10. The maximum Gasteiger partial charge on any atom is 0.239 e. The summed E-state index contributed by atoms with van der Waals surface area (Å²) < 4.78 is 0. The average Bonchev–Trinajstić information content (AvgIpc) is 2.43. The Morgan fingerprint density at radius 2 is 2.43 bits per heavy atom. The number of carbonyl (C=O) groups excluding carboxylic acids is 2. The maximum atomic E-state index is 11.4. The Labute approximate surface area is 83.6 Å². The van der Waals surface area contributed by atoms with Crippen LogP contribution >= 0.6 is 0 Å². The standard InChI is InChI=1S/C9H17N3O2/c1-12-6-4-7(9(12)14)11-5-2-3-8(10)13/h7,11H,2-6H2,1H3,(H2,10,13). The molecule has 0 aromatic carbocycles. The molecule has 0 aromatic heterocycles. The first-order chi connectivity index (χ1) is 6.61. The van der Waals surface area contributed by atoms with Gasteiger partial charge in [0.15, 0.2) is 0 Å². The summed E-state index contributed by atoms with van der Waals surface area (Å²) >= 11 is 0. The van der Waals surface area contributed by atoms with Crippen LogP contribution in [0.2, 0.25) is 0 Å². The highest BCUT2D eigenvalue weighted by Gasteiger charge is 2.27. The van der Waals surface area contributed by atoms with E-state index in [4.69, 9.17) is 5.73 Å². The monoisotopic (exact) mass is 199 g/mol. The van der Waals surface area contributed by atoms with Crippen molar-refractivity contribution in [3.05, 3.63) is 0 Å². The average molecular weight is 199 g/mol. The molecule has 1 unspecified atom stereocenters. The second-order valence-corrected chi connectivity index (χ2v) is 3.63. The molecule has 80 valence electrons. The molecule has 2 amide bonds. The number of nitrogens with one attached hydrogen (secondary N) is 1. The third-order valence-corrected chi connectivity index (χ3v) is 2.42. The molecule has 3 N–H and O–H groups in total. The number of amides is 2. The van der Waals surface area contributed by atoms with Gasteiger partial charge in [0.05, 0.1) is 6.04 Å². The number of likely N-dealkylation sites (N-methyl/N-ethyl adjacent to an activating group) is 1. The molecule has 14 heavy (non-hydrogen) atoms. The Balaban J connectivity index is 2.13. The van der Waals surface area contributed by atoms with Gasteiger partial charge < -0.3 is 16.0 Å². The first-order valence-corrected chi connectivity index (χ1v) is 4.88. The van der Waals surface area contributed by atoms with Gasteiger partial charge in [0.2, 0.25) is 11.8 Å². The Kier molecular flexibility index (Phi) is 3.88. The molecule has 0 radical (unpaired) electrons. The highest BCUT2D eigenvalue weighted by Crippen LogP contribution is 2.08. The van der Waals surface area contributed by atoms with Gasteiger partial charge in [-0.15, -0.1) is 0 Å². The van der Waals surface area contributed by atoms with E-state index in [1.165, 1.54) is 0 Å². The molecular weight excluding hydrogens is 182 g/mol. The number of carbonyl (C=O) groups is 2. The topological polar surface area (TPSA) is 75.4 Å². The van der Waals surface area contributed by atoms with Gasteiger partial charge in [0, 0.05) is 20.0 Å². The molecular formula is C9H17N3O2. The van der Waals surface area contributed by atoms with E-state index in [1.54, 1.807) is 11.9 Å². The minimum Gasteiger partial charge on any atom is -0.370 e. The normalized spacial score (nSPS) is 21.6. The van der Waals surface area contributed by atoms with Crippen LogP contribution in [0.25, 0.3) is 0 Å². The molecule has 0 spiro atoms. The van der Waals surface area contributed by atoms with Gasteiger partial charge in [-0.1, -0.05) is 0 Å². The van der Waals surface area contributed by atoms with E-state index in [-0.39, 0.29) is 17.9 Å². The second-order valence-electron chi connectivity index (χ2n) is 3.63. The minimum absolute atomic E-state index is 0.0622. The van der Waals surface area contributed by atoms with Crippen molar-refractivity contribution >= 4 is 11.8 Å². The van der Waals surface area contributed by atoms with Crippen LogP contribution in [0.1, 0.15) is 19.3 Å². The van der Waals surface area contributed by atoms with E-state index in [0.717, 1.165) is 13.0 Å². The van der Waals surface area contributed by atoms with Crippen molar-refractivity contribution in [2.24, 2.45) is 5.73 Å². The summed E-state index contributed by atoms with van der Waals surface area (Å²) in [4.78, 5) is 23.6. The first-order valence-electron chi connectivity index (χ1n) is 4.88. The van der Waals surface area contributed by atoms with Crippen molar-refractivity contribution in [3.8, 4) is 0 Å². The van der Waals surface area contributed by atoms with Crippen molar-refractivity contribution in [3.63, 3.8) is 0 Å². The van der Waals surface area contributed by atoms with E-state index < -0.39 is 0 Å². The highest BCUT2D eigenvalue weighted by atomic mass is 16.2. The summed E-state index contributed by atoms with van der Waals surface area (Å²) in [5.41, 5.74) is 4.99. The Morgan fingerprint density at radius 1 is 1.71 bits per heavy atom. The van der Waals surface area contributed by atoms with Gasteiger partial charge in [0.25, 0.3) is 0 Å². The molecule has 5 nitrogen and oxygen atoms in total. The molecule has 1 aliphatic heterocycles. The maximum absolute atomic E-state index is 11.4. The molecule has 0 aliphatic carbocycles. The molecule has 0 bridgehead atoms.